The number of nitrogens with zero attached hydrogens (tertiary/aromatic N) is 1. The second-order valence-corrected chi connectivity index (χ2v) is 9.90. The largest absolute Gasteiger partial charge is 0.508 e. The molecular formula is C29H38N2O4. The van der Waals surface area contributed by atoms with Crippen molar-refractivity contribution >= 4 is 23.0 Å². The van der Waals surface area contributed by atoms with Gasteiger partial charge in [0.15, 0.2) is 0 Å². The molecule has 1 heterocycles. The van der Waals surface area contributed by atoms with Crippen LogP contribution in [0.3, 0.4) is 0 Å². The van der Waals surface area contributed by atoms with Crippen molar-refractivity contribution in [2.75, 3.05) is 23.9 Å². The van der Waals surface area contributed by atoms with Crippen LogP contribution in [-0.4, -0.2) is 35.4 Å². The van der Waals surface area contributed by atoms with E-state index < -0.39 is 0 Å². The second-order valence-electron chi connectivity index (χ2n) is 9.90. The maximum absolute atomic E-state index is 13.4. The summed E-state index contributed by atoms with van der Waals surface area (Å²) in [6.07, 6.45) is 9.42. The van der Waals surface area contributed by atoms with Crippen LogP contribution in [0.1, 0.15) is 70.2 Å². The van der Waals surface area contributed by atoms with Crippen LogP contribution in [0.2, 0.25) is 0 Å². The summed E-state index contributed by atoms with van der Waals surface area (Å²) in [5, 5.41) is 23.6. The standard InChI is InChI=1S/C29H38N2O4/c1-20(11-8-17-29(3,4)35-5)9-6-10-21(2)16-18-31-25-19-22(32)14-15-24(25)30-27-23(28(31)34)12-7-13-26(27)33/h7,9,12-16,19,30,32-33H,6,8,10-11,17-18H2,1-5H3/b20-9+,21-16+. The number of carbonyl (C=O) groups excluding carboxylic acids is 1. The minimum absolute atomic E-state index is 0.0105. The predicted molar refractivity (Wildman–Crippen MR) is 143 cm³/mol. The zero-order valence-electron chi connectivity index (χ0n) is 21.5. The number of allylic oxidation sites excluding steroid dienone is 3. The first kappa shape index (κ1) is 26.4. The van der Waals surface area contributed by atoms with Gasteiger partial charge in [0.25, 0.3) is 5.91 Å². The lowest BCUT2D eigenvalue weighted by Crippen LogP contribution is -2.30. The third kappa shape index (κ3) is 6.89. The lowest BCUT2D eigenvalue weighted by molar-refractivity contribution is 0.0140. The molecule has 0 spiro atoms. The van der Waals surface area contributed by atoms with Gasteiger partial charge in [-0.2, -0.15) is 0 Å². The Morgan fingerprint density at radius 1 is 1.09 bits per heavy atom. The number of fused-ring (bicyclic) bond motifs is 2. The van der Waals surface area contributed by atoms with Crippen LogP contribution in [0.15, 0.2) is 59.7 Å². The summed E-state index contributed by atoms with van der Waals surface area (Å²) < 4.78 is 5.49. The quantitative estimate of drug-likeness (QED) is 0.193. The van der Waals surface area contributed by atoms with E-state index in [1.165, 1.54) is 11.1 Å². The number of para-hydroxylation sites is 1. The van der Waals surface area contributed by atoms with Crippen molar-refractivity contribution in [3.8, 4) is 11.5 Å². The smallest absolute Gasteiger partial charge is 0.260 e. The van der Waals surface area contributed by atoms with Gasteiger partial charge in [0.05, 0.1) is 28.2 Å². The highest BCUT2D eigenvalue weighted by molar-refractivity contribution is 6.14. The van der Waals surface area contributed by atoms with Crippen molar-refractivity contribution in [1.29, 1.82) is 0 Å². The minimum atomic E-state index is -0.230. The van der Waals surface area contributed by atoms with Gasteiger partial charge in [-0.25, -0.2) is 0 Å². The van der Waals surface area contributed by atoms with Crippen molar-refractivity contribution in [3.63, 3.8) is 0 Å². The van der Waals surface area contributed by atoms with Crippen molar-refractivity contribution in [2.45, 2.75) is 65.4 Å². The summed E-state index contributed by atoms with van der Waals surface area (Å²) in [5.41, 5.74) is 4.50. The number of anilines is 3. The number of methoxy groups -OCH3 is 1. The zero-order chi connectivity index (χ0) is 25.6. The molecule has 1 aliphatic rings. The van der Waals surface area contributed by atoms with E-state index in [1.807, 2.05) is 0 Å². The van der Waals surface area contributed by atoms with Gasteiger partial charge in [-0.1, -0.05) is 29.4 Å². The molecule has 3 N–H and O–H groups in total. The summed E-state index contributed by atoms with van der Waals surface area (Å²) in [6.45, 7) is 8.86. The molecule has 0 saturated heterocycles. The van der Waals surface area contributed by atoms with Gasteiger partial charge in [0, 0.05) is 19.7 Å². The molecule has 2 aromatic rings. The number of hydrogen-bond acceptors (Lipinski definition) is 5. The number of ether oxygens (including phenoxy) is 1. The fourth-order valence-electron chi connectivity index (χ4n) is 4.16. The Morgan fingerprint density at radius 3 is 2.57 bits per heavy atom. The normalized spacial score (nSPS) is 14.3. The number of nitrogens with one attached hydrogen (secondary N) is 1. The summed E-state index contributed by atoms with van der Waals surface area (Å²) in [6, 6.07) is 9.75. The molecule has 0 saturated carbocycles. The first-order valence-electron chi connectivity index (χ1n) is 12.2. The van der Waals surface area contributed by atoms with Gasteiger partial charge in [0.1, 0.15) is 11.5 Å². The van der Waals surface area contributed by atoms with Crippen molar-refractivity contribution < 1.29 is 19.7 Å². The monoisotopic (exact) mass is 478 g/mol. The predicted octanol–water partition coefficient (Wildman–Crippen LogP) is 7.07. The second kappa shape index (κ2) is 11.5. The first-order valence-corrected chi connectivity index (χ1v) is 12.2. The van der Waals surface area contributed by atoms with Crippen LogP contribution < -0.4 is 10.2 Å². The highest BCUT2D eigenvalue weighted by atomic mass is 16.5. The Hall–Kier alpha value is -3.25. The molecular weight excluding hydrogens is 440 g/mol. The molecule has 1 amide bonds. The molecule has 0 aliphatic carbocycles. The van der Waals surface area contributed by atoms with E-state index >= 15 is 0 Å². The number of aromatic hydroxyl groups is 2. The summed E-state index contributed by atoms with van der Waals surface area (Å²) in [7, 11) is 1.76. The summed E-state index contributed by atoms with van der Waals surface area (Å²) in [5.74, 6) is -0.142. The third-order valence-corrected chi connectivity index (χ3v) is 6.61. The van der Waals surface area contributed by atoms with Crippen LogP contribution in [0.5, 0.6) is 11.5 Å². The maximum atomic E-state index is 13.4. The number of phenolic OH excluding ortho intramolecular Hbond substituents is 2. The molecule has 0 atom stereocenters. The van der Waals surface area contributed by atoms with Crippen LogP contribution in [0, 0.1) is 0 Å². The van der Waals surface area contributed by atoms with E-state index in [-0.39, 0.29) is 23.0 Å². The van der Waals surface area contributed by atoms with Crippen molar-refractivity contribution in [2.24, 2.45) is 0 Å². The van der Waals surface area contributed by atoms with Crippen LogP contribution >= 0.6 is 0 Å². The lowest BCUT2D eigenvalue weighted by atomic mass is 9.98. The van der Waals surface area contributed by atoms with Gasteiger partial charge >= 0.3 is 0 Å². The van der Waals surface area contributed by atoms with Crippen molar-refractivity contribution in [3.05, 3.63) is 65.3 Å². The molecule has 0 bridgehead atoms. The Balaban J connectivity index is 1.68. The van der Waals surface area contributed by atoms with Crippen LogP contribution in [0.4, 0.5) is 17.1 Å². The van der Waals surface area contributed by atoms with E-state index in [1.54, 1.807) is 48.4 Å². The molecule has 2 aromatic carbocycles. The minimum Gasteiger partial charge on any atom is -0.508 e. The Labute approximate surface area is 208 Å². The summed E-state index contributed by atoms with van der Waals surface area (Å²) in [4.78, 5) is 15.1. The number of amides is 1. The zero-order valence-corrected chi connectivity index (χ0v) is 21.5. The Morgan fingerprint density at radius 2 is 1.83 bits per heavy atom. The average molecular weight is 479 g/mol. The van der Waals surface area contributed by atoms with Gasteiger partial charge < -0.3 is 25.2 Å². The van der Waals surface area contributed by atoms with Crippen molar-refractivity contribution in [1.82, 2.24) is 0 Å². The van der Waals surface area contributed by atoms with E-state index in [9.17, 15) is 15.0 Å². The molecule has 6 heteroatoms. The van der Waals surface area contributed by atoms with Gasteiger partial charge in [-0.05, 0) is 84.1 Å². The fourth-order valence-corrected chi connectivity index (χ4v) is 4.16. The van der Waals surface area contributed by atoms with Gasteiger partial charge in [-0.15, -0.1) is 0 Å². The SMILES string of the molecule is COC(C)(C)CCC/C(C)=C/CC/C(C)=C/CN1C(=O)c2cccc(O)c2Nc2ccc(O)cc21. The number of benzene rings is 2. The molecule has 188 valence electrons. The fraction of sp³-hybridized carbons (Fsp3) is 0.414. The number of hydrogen-bond donors (Lipinski definition) is 3. The van der Waals surface area contributed by atoms with Gasteiger partial charge in [-0.3, -0.25) is 4.79 Å². The Kier molecular flexibility index (Phi) is 8.62. The molecule has 0 aromatic heterocycles. The molecule has 0 fully saturated rings. The first-order chi connectivity index (χ1) is 16.6. The van der Waals surface area contributed by atoms with E-state index in [0.29, 0.717) is 29.2 Å². The van der Waals surface area contributed by atoms with E-state index in [0.717, 1.165) is 32.1 Å². The number of rotatable bonds is 10. The highest BCUT2D eigenvalue weighted by Crippen LogP contribution is 2.41. The molecule has 0 unspecified atom stereocenters. The average Bonchev–Trinajstić information content (AvgIpc) is 2.92. The Bertz CT molecular complexity index is 1120. The number of phenols is 2. The molecule has 3 rings (SSSR count). The molecule has 35 heavy (non-hydrogen) atoms. The third-order valence-electron chi connectivity index (χ3n) is 6.61. The van der Waals surface area contributed by atoms with E-state index in [2.05, 4.69) is 45.2 Å². The number of carbonyl (C=O) groups is 1. The molecule has 0 radical (unpaired) electrons. The lowest BCUT2D eigenvalue weighted by Gasteiger charge is -2.22. The van der Waals surface area contributed by atoms with Crippen LogP contribution in [0.25, 0.3) is 0 Å². The van der Waals surface area contributed by atoms with Crippen LogP contribution in [-0.2, 0) is 4.74 Å². The highest BCUT2D eigenvalue weighted by Gasteiger charge is 2.28. The molecule has 1 aliphatic heterocycles. The van der Waals surface area contributed by atoms with E-state index in [4.69, 9.17) is 4.74 Å². The molecule has 6 nitrogen and oxygen atoms in total. The maximum Gasteiger partial charge on any atom is 0.260 e. The van der Waals surface area contributed by atoms with Gasteiger partial charge in [0.2, 0.25) is 0 Å². The summed E-state index contributed by atoms with van der Waals surface area (Å²) >= 11 is 0. The topological polar surface area (TPSA) is 82.0 Å².